The van der Waals surface area contributed by atoms with Crippen molar-refractivity contribution in [3.05, 3.63) is 54.1 Å². The molecular formula is C17H18N2O3. The smallest absolute Gasteiger partial charge is 0.243 e. The highest BCUT2D eigenvalue weighted by atomic mass is 16.5. The molecule has 22 heavy (non-hydrogen) atoms. The number of carbonyl (C=O) groups excluding carboxylic acids is 2. The first kappa shape index (κ1) is 15.6. The lowest BCUT2D eigenvalue weighted by atomic mass is 10.1. The number of rotatable bonds is 6. The van der Waals surface area contributed by atoms with E-state index in [1.165, 1.54) is 6.92 Å². The second kappa shape index (κ2) is 7.26. The third-order valence-electron chi connectivity index (χ3n) is 3.10. The molecule has 2 N–H and O–H groups in total. The quantitative estimate of drug-likeness (QED) is 0.805. The molecule has 1 amide bonds. The monoisotopic (exact) mass is 298 g/mol. The van der Waals surface area contributed by atoms with Crippen LogP contribution in [0.2, 0.25) is 0 Å². The molecule has 0 aliphatic carbocycles. The van der Waals surface area contributed by atoms with E-state index < -0.39 is 0 Å². The number of hydrogen-bond acceptors (Lipinski definition) is 4. The number of hydrogen-bond donors (Lipinski definition) is 2. The molecule has 0 atom stereocenters. The van der Waals surface area contributed by atoms with Crippen LogP contribution in [0.25, 0.3) is 0 Å². The van der Waals surface area contributed by atoms with E-state index in [9.17, 15) is 9.59 Å². The number of carbonyl (C=O) groups is 2. The predicted octanol–water partition coefficient (Wildman–Crippen LogP) is 2.95. The zero-order valence-corrected chi connectivity index (χ0v) is 12.6. The van der Waals surface area contributed by atoms with Crippen LogP contribution < -0.4 is 15.4 Å². The molecule has 0 aliphatic rings. The summed E-state index contributed by atoms with van der Waals surface area (Å²) in [6.07, 6.45) is 0. The molecule has 0 spiro atoms. The molecule has 0 radical (unpaired) electrons. The van der Waals surface area contributed by atoms with E-state index in [-0.39, 0.29) is 18.2 Å². The number of amides is 1. The summed E-state index contributed by atoms with van der Waals surface area (Å²) in [6, 6.07) is 14.2. The summed E-state index contributed by atoms with van der Waals surface area (Å²) in [7, 11) is 1.57. The first-order valence-electron chi connectivity index (χ1n) is 6.88. The molecule has 0 aliphatic heterocycles. The number of benzene rings is 2. The Morgan fingerprint density at radius 2 is 1.86 bits per heavy atom. The zero-order valence-electron chi connectivity index (χ0n) is 12.6. The van der Waals surface area contributed by atoms with Crippen LogP contribution in [0.3, 0.4) is 0 Å². The Hall–Kier alpha value is -2.82. The lowest BCUT2D eigenvalue weighted by Gasteiger charge is -2.11. The normalized spacial score (nSPS) is 9.91. The molecule has 2 aromatic rings. The SMILES string of the molecule is COc1cccc(NC(=O)CNc2ccccc2C(C)=O)c1. The highest BCUT2D eigenvalue weighted by molar-refractivity contribution is 6.00. The maximum absolute atomic E-state index is 12.0. The van der Waals surface area contributed by atoms with Gasteiger partial charge in [-0.25, -0.2) is 0 Å². The van der Waals surface area contributed by atoms with Crippen LogP contribution in [0.4, 0.5) is 11.4 Å². The van der Waals surface area contributed by atoms with Crippen molar-refractivity contribution in [2.24, 2.45) is 0 Å². The fraction of sp³-hybridized carbons (Fsp3) is 0.176. The summed E-state index contributed by atoms with van der Waals surface area (Å²) < 4.78 is 5.10. The molecule has 0 saturated carbocycles. The molecule has 0 saturated heterocycles. The fourth-order valence-electron chi connectivity index (χ4n) is 2.03. The highest BCUT2D eigenvalue weighted by Gasteiger charge is 2.08. The molecular weight excluding hydrogens is 280 g/mol. The van der Waals surface area contributed by atoms with E-state index in [1.54, 1.807) is 49.6 Å². The molecule has 5 nitrogen and oxygen atoms in total. The minimum absolute atomic E-state index is 0.0451. The van der Waals surface area contributed by atoms with Crippen LogP contribution in [-0.2, 0) is 4.79 Å². The van der Waals surface area contributed by atoms with Crippen molar-refractivity contribution in [2.75, 3.05) is 24.3 Å². The maximum atomic E-state index is 12.0. The van der Waals surface area contributed by atoms with Crippen molar-refractivity contribution in [3.8, 4) is 5.75 Å². The Labute approximate surface area is 129 Å². The standard InChI is InChI=1S/C17H18N2O3/c1-12(20)15-8-3-4-9-16(15)18-11-17(21)19-13-6-5-7-14(10-13)22-2/h3-10,18H,11H2,1-2H3,(H,19,21). The topological polar surface area (TPSA) is 67.4 Å². The number of methoxy groups -OCH3 is 1. The summed E-state index contributed by atoms with van der Waals surface area (Å²) in [6.45, 7) is 1.57. The van der Waals surface area contributed by atoms with E-state index in [2.05, 4.69) is 10.6 Å². The van der Waals surface area contributed by atoms with Crippen LogP contribution >= 0.6 is 0 Å². The molecule has 0 aromatic heterocycles. The summed E-state index contributed by atoms with van der Waals surface area (Å²) >= 11 is 0. The summed E-state index contributed by atoms with van der Waals surface area (Å²) in [5.41, 5.74) is 1.87. The van der Waals surface area contributed by atoms with Crippen molar-refractivity contribution in [1.29, 1.82) is 0 Å². The van der Waals surface area contributed by atoms with Gasteiger partial charge in [0.05, 0.1) is 13.7 Å². The Balaban J connectivity index is 1.97. The van der Waals surface area contributed by atoms with Crippen molar-refractivity contribution in [2.45, 2.75) is 6.92 Å². The first-order valence-corrected chi connectivity index (χ1v) is 6.88. The lowest BCUT2D eigenvalue weighted by molar-refractivity contribution is -0.114. The van der Waals surface area contributed by atoms with Gasteiger partial charge in [0.2, 0.25) is 5.91 Å². The molecule has 0 heterocycles. The summed E-state index contributed by atoms with van der Waals surface area (Å²) in [5, 5.41) is 5.75. The van der Waals surface area contributed by atoms with E-state index in [4.69, 9.17) is 4.74 Å². The average molecular weight is 298 g/mol. The van der Waals surface area contributed by atoms with E-state index in [0.29, 0.717) is 22.7 Å². The van der Waals surface area contributed by atoms with Crippen molar-refractivity contribution < 1.29 is 14.3 Å². The third kappa shape index (κ3) is 4.09. The van der Waals surface area contributed by atoms with Crippen molar-refractivity contribution in [3.63, 3.8) is 0 Å². The molecule has 0 unspecified atom stereocenters. The molecule has 0 bridgehead atoms. The zero-order chi connectivity index (χ0) is 15.9. The van der Waals surface area contributed by atoms with Gasteiger partial charge in [-0.3, -0.25) is 9.59 Å². The van der Waals surface area contributed by atoms with Crippen LogP contribution in [0, 0.1) is 0 Å². The summed E-state index contributed by atoms with van der Waals surface area (Å²) in [4.78, 5) is 23.5. The summed E-state index contributed by atoms with van der Waals surface area (Å²) in [5.74, 6) is 0.426. The second-order valence-corrected chi connectivity index (χ2v) is 4.74. The van der Waals surface area contributed by atoms with Crippen LogP contribution in [0.5, 0.6) is 5.75 Å². The van der Waals surface area contributed by atoms with E-state index in [1.807, 2.05) is 6.07 Å². The minimum Gasteiger partial charge on any atom is -0.497 e. The van der Waals surface area contributed by atoms with Gasteiger partial charge in [0, 0.05) is 23.0 Å². The number of ether oxygens (including phenoxy) is 1. The van der Waals surface area contributed by atoms with Crippen LogP contribution in [0.15, 0.2) is 48.5 Å². The van der Waals surface area contributed by atoms with Gasteiger partial charge in [0.1, 0.15) is 5.75 Å². The molecule has 0 fully saturated rings. The Bertz CT molecular complexity index is 683. The van der Waals surface area contributed by atoms with Gasteiger partial charge in [-0.2, -0.15) is 0 Å². The first-order chi connectivity index (χ1) is 10.6. The Kier molecular flexibility index (Phi) is 5.14. The number of ketones is 1. The average Bonchev–Trinajstić information content (AvgIpc) is 2.53. The largest absolute Gasteiger partial charge is 0.497 e. The number of anilines is 2. The Morgan fingerprint density at radius 3 is 2.59 bits per heavy atom. The van der Waals surface area contributed by atoms with Gasteiger partial charge in [-0.15, -0.1) is 0 Å². The van der Waals surface area contributed by atoms with E-state index >= 15 is 0 Å². The molecule has 114 valence electrons. The number of nitrogens with one attached hydrogen (secondary N) is 2. The number of para-hydroxylation sites is 1. The second-order valence-electron chi connectivity index (χ2n) is 4.74. The van der Waals surface area contributed by atoms with Gasteiger partial charge in [0.25, 0.3) is 0 Å². The van der Waals surface area contributed by atoms with Gasteiger partial charge >= 0.3 is 0 Å². The van der Waals surface area contributed by atoms with Crippen molar-refractivity contribution in [1.82, 2.24) is 0 Å². The van der Waals surface area contributed by atoms with Gasteiger partial charge < -0.3 is 15.4 Å². The third-order valence-corrected chi connectivity index (χ3v) is 3.10. The predicted molar refractivity (Wildman–Crippen MR) is 86.6 cm³/mol. The van der Waals surface area contributed by atoms with Gasteiger partial charge in [0.15, 0.2) is 5.78 Å². The molecule has 2 rings (SSSR count). The maximum Gasteiger partial charge on any atom is 0.243 e. The van der Waals surface area contributed by atoms with Gasteiger partial charge in [-0.1, -0.05) is 18.2 Å². The fourth-order valence-corrected chi connectivity index (χ4v) is 2.03. The van der Waals surface area contributed by atoms with Crippen LogP contribution in [0.1, 0.15) is 17.3 Å². The van der Waals surface area contributed by atoms with Crippen molar-refractivity contribution >= 4 is 23.1 Å². The van der Waals surface area contributed by atoms with Crippen LogP contribution in [-0.4, -0.2) is 25.3 Å². The molecule has 5 heteroatoms. The minimum atomic E-state index is -0.202. The Morgan fingerprint density at radius 1 is 1.09 bits per heavy atom. The van der Waals surface area contributed by atoms with E-state index in [0.717, 1.165) is 0 Å². The van der Waals surface area contributed by atoms with Gasteiger partial charge in [-0.05, 0) is 31.2 Å². The lowest BCUT2D eigenvalue weighted by Crippen LogP contribution is -2.22. The highest BCUT2D eigenvalue weighted by Crippen LogP contribution is 2.17. The number of Topliss-reactive ketones (excluding diaryl/α,β-unsaturated/α-hetero) is 1. The molecule has 2 aromatic carbocycles.